The molecule has 0 fully saturated rings. The van der Waals surface area contributed by atoms with Gasteiger partial charge in [-0.15, -0.1) is 0 Å². The Morgan fingerprint density at radius 3 is 2.78 bits per heavy atom. The molecular formula is C18H18N2O3. The van der Waals surface area contributed by atoms with Crippen molar-refractivity contribution >= 4 is 17.0 Å². The number of oxazole rings is 1. The minimum Gasteiger partial charge on any atom is -0.408 e. The first-order valence-electron chi connectivity index (χ1n) is 7.55. The lowest BCUT2D eigenvalue weighted by Crippen LogP contribution is -2.22. The zero-order valence-electron chi connectivity index (χ0n) is 13.1. The average Bonchev–Trinajstić information content (AvgIpc) is 2.86. The van der Waals surface area contributed by atoms with Crippen molar-refractivity contribution in [1.82, 2.24) is 9.88 Å². The van der Waals surface area contributed by atoms with Crippen LogP contribution in [0.4, 0.5) is 0 Å². The van der Waals surface area contributed by atoms with Crippen LogP contribution in [0.1, 0.15) is 28.4 Å². The lowest BCUT2D eigenvalue weighted by atomic mass is 10.1. The van der Waals surface area contributed by atoms with E-state index in [2.05, 4.69) is 5.32 Å². The second kappa shape index (κ2) is 6.12. The smallest absolute Gasteiger partial charge is 0.408 e. The second-order valence-corrected chi connectivity index (χ2v) is 5.47. The summed E-state index contributed by atoms with van der Waals surface area (Å²) in [5.74, 6) is -0.579. The molecule has 0 aliphatic heterocycles. The SMILES string of the molecule is CCn1c(=O)oc2ccc(C(=O)NCc3cccc(C)c3)cc21. The van der Waals surface area contributed by atoms with Crippen molar-refractivity contribution in [2.45, 2.75) is 26.9 Å². The highest BCUT2D eigenvalue weighted by Gasteiger charge is 2.12. The average molecular weight is 310 g/mol. The number of aryl methyl sites for hydroxylation is 2. The van der Waals surface area contributed by atoms with Crippen LogP contribution in [0.3, 0.4) is 0 Å². The minimum absolute atomic E-state index is 0.176. The van der Waals surface area contributed by atoms with Crippen LogP contribution in [-0.4, -0.2) is 10.5 Å². The third-order valence-corrected chi connectivity index (χ3v) is 3.78. The van der Waals surface area contributed by atoms with Gasteiger partial charge in [0.25, 0.3) is 5.91 Å². The normalized spacial score (nSPS) is 10.9. The van der Waals surface area contributed by atoms with Gasteiger partial charge in [-0.1, -0.05) is 29.8 Å². The van der Waals surface area contributed by atoms with E-state index in [1.807, 2.05) is 38.1 Å². The van der Waals surface area contributed by atoms with Gasteiger partial charge in [0.15, 0.2) is 5.58 Å². The summed E-state index contributed by atoms with van der Waals surface area (Å²) < 4.78 is 6.65. The predicted octanol–water partition coefficient (Wildman–Crippen LogP) is 2.85. The lowest BCUT2D eigenvalue weighted by molar-refractivity contribution is 0.0951. The van der Waals surface area contributed by atoms with Gasteiger partial charge in [-0.05, 0) is 37.6 Å². The monoisotopic (exact) mass is 310 g/mol. The quantitative estimate of drug-likeness (QED) is 0.806. The van der Waals surface area contributed by atoms with Gasteiger partial charge in [0.2, 0.25) is 0 Å². The van der Waals surface area contributed by atoms with Crippen molar-refractivity contribution in [3.63, 3.8) is 0 Å². The Kier molecular flexibility index (Phi) is 4.02. The maximum Gasteiger partial charge on any atom is 0.419 e. The molecule has 1 amide bonds. The van der Waals surface area contributed by atoms with Crippen molar-refractivity contribution in [3.05, 3.63) is 69.7 Å². The molecule has 5 nitrogen and oxygen atoms in total. The van der Waals surface area contributed by atoms with Crippen molar-refractivity contribution < 1.29 is 9.21 Å². The van der Waals surface area contributed by atoms with E-state index in [1.165, 1.54) is 4.57 Å². The standard InChI is InChI=1S/C18H18N2O3/c1-3-20-15-10-14(7-8-16(15)23-18(20)22)17(21)19-11-13-6-4-5-12(2)9-13/h4-10H,3,11H2,1-2H3,(H,19,21). The van der Waals surface area contributed by atoms with E-state index < -0.39 is 5.76 Å². The van der Waals surface area contributed by atoms with E-state index in [0.717, 1.165) is 11.1 Å². The number of carbonyl (C=O) groups is 1. The van der Waals surface area contributed by atoms with E-state index in [1.54, 1.807) is 18.2 Å². The van der Waals surface area contributed by atoms with Crippen molar-refractivity contribution in [3.8, 4) is 0 Å². The Bertz CT molecular complexity index is 921. The molecule has 0 saturated carbocycles. The van der Waals surface area contributed by atoms with E-state index >= 15 is 0 Å². The van der Waals surface area contributed by atoms with Crippen LogP contribution in [0, 0.1) is 6.92 Å². The van der Waals surface area contributed by atoms with Gasteiger partial charge in [-0.2, -0.15) is 0 Å². The second-order valence-electron chi connectivity index (χ2n) is 5.47. The molecular weight excluding hydrogens is 292 g/mol. The topological polar surface area (TPSA) is 64.2 Å². The van der Waals surface area contributed by atoms with Gasteiger partial charge in [0.05, 0.1) is 5.52 Å². The van der Waals surface area contributed by atoms with Gasteiger partial charge >= 0.3 is 5.76 Å². The molecule has 5 heteroatoms. The molecule has 0 unspecified atom stereocenters. The zero-order valence-corrected chi connectivity index (χ0v) is 13.1. The highest BCUT2D eigenvalue weighted by atomic mass is 16.4. The largest absolute Gasteiger partial charge is 0.419 e. The molecule has 3 rings (SSSR count). The fourth-order valence-electron chi connectivity index (χ4n) is 2.61. The van der Waals surface area contributed by atoms with Crippen LogP contribution in [0.5, 0.6) is 0 Å². The highest BCUT2D eigenvalue weighted by Crippen LogP contribution is 2.15. The summed E-state index contributed by atoms with van der Waals surface area (Å²) in [4.78, 5) is 24.0. The Morgan fingerprint density at radius 2 is 2.04 bits per heavy atom. The molecule has 1 heterocycles. The fourth-order valence-corrected chi connectivity index (χ4v) is 2.61. The van der Waals surface area contributed by atoms with E-state index in [-0.39, 0.29) is 5.91 Å². The van der Waals surface area contributed by atoms with Crippen LogP contribution < -0.4 is 11.1 Å². The third-order valence-electron chi connectivity index (χ3n) is 3.78. The van der Waals surface area contributed by atoms with Crippen LogP contribution in [0.15, 0.2) is 51.7 Å². The van der Waals surface area contributed by atoms with Gasteiger partial charge in [-0.25, -0.2) is 4.79 Å². The van der Waals surface area contributed by atoms with E-state index in [4.69, 9.17) is 4.42 Å². The predicted molar refractivity (Wildman–Crippen MR) is 88.5 cm³/mol. The Labute approximate surface area is 133 Å². The molecule has 0 bridgehead atoms. The summed E-state index contributed by atoms with van der Waals surface area (Å²) >= 11 is 0. The number of hydrogen-bond acceptors (Lipinski definition) is 3. The minimum atomic E-state index is -0.403. The molecule has 0 atom stereocenters. The third kappa shape index (κ3) is 3.04. The van der Waals surface area contributed by atoms with Crippen molar-refractivity contribution in [2.75, 3.05) is 0 Å². The molecule has 2 aromatic carbocycles. The number of fused-ring (bicyclic) bond motifs is 1. The number of nitrogens with one attached hydrogen (secondary N) is 1. The van der Waals surface area contributed by atoms with Gasteiger partial charge in [-0.3, -0.25) is 9.36 Å². The molecule has 0 aliphatic rings. The Balaban J connectivity index is 1.82. The first kappa shape index (κ1) is 15.1. The molecule has 1 N–H and O–H groups in total. The summed E-state index contributed by atoms with van der Waals surface area (Å²) in [6, 6.07) is 13.0. The summed E-state index contributed by atoms with van der Waals surface area (Å²) in [5, 5.41) is 2.89. The van der Waals surface area contributed by atoms with Crippen LogP contribution in [0.2, 0.25) is 0 Å². The molecule has 23 heavy (non-hydrogen) atoms. The van der Waals surface area contributed by atoms with Crippen molar-refractivity contribution in [1.29, 1.82) is 0 Å². The number of rotatable bonds is 4. The summed E-state index contributed by atoms with van der Waals surface area (Å²) in [6.07, 6.45) is 0. The van der Waals surface area contributed by atoms with Crippen LogP contribution in [-0.2, 0) is 13.1 Å². The first-order chi connectivity index (χ1) is 11.1. The number of benzene rings is 2. The summed E-state index contributed by atoms with van der Waals surface area (Å²) in [7, 11) is 0. The molecule has 0 saturated heterocycles. The molecule has 3 aromatic rings. The molecule has 1 aromatic heterocycles. The summed E-state index contributed by atoms with van der Waals surface area (Å²) in [5.41, 5.74) is 3.85. The van der Waals surface area contributed by atoms with E-state index in [9.17, 15) is 9.59 Å². The fraction of sp³-hybridized carbons (Fsp3) is 0.222. The molecule has 0 radical (unpaired) electrons. The maximum absolute atomic E-state index is 12.3. The van der Waals surface area contributed by atoms with Crippen LogP contribution in [0.25, 0.3) is 11.1 Å². The Hall–Kier alpha value is -2.82. The van der Waals surface area contributed by atoms with Gasteiger partial charge in [0, 0.05) is 18.7 Å². The van der Waals surface area contributed by atoms with Gasteiger partial charge in [0.1, 0.15) is 0 Å². The highest BCUT2D eigenvalue weighted by molar-refractivity contribution is 5.97. The number of hydrogen-bond donors (Lipinski definition) is 1. The number of carbonyl (C=O) groups excluding carboxylic acids is 1. The van der Waals surface area contributed by atoms with E-state index in [0.29, 0.717) is 29.8 Å². The van der Waals surface area contributed by atoms with Crippen LogP contribution >= 0.6 is 0 Å². The van der Waals surface area contributed by atoms with Gasteiger partial charge < -0.3 is 9.73 Å². The number of aromatic nitrogens is 1. The lowest BCUT2D eigenvalue weighted by Gasteiger charge is -2.06. The number of amides is 1. The molecule has 118 valence electrons. The zero-order chi connectivity index (χ0) is 16.4. The molecule has 0 aliphatic carbocycles. The first-order valence-corrected chi connectivity index (χ1v) is 7.55. The Morgan fingerprint density at radius 1 is 1.22 bits per heavy atom. The summed E-state index contributed by atoms with van der Waals surface area (Å²) in [6.45, 7) is 4.84. The van der Waals surface area contributed by atoms with Crippen molar-refractivity contribution in [2.24, 2.45) is 0 Å². The molecule has 0 spiro atoms. The maximum atomic E-state index is 12.3. The number of nitrogens with zero attached hydrogens (tertiary/aromatic N) is 1.